The van der Waals surface area contributed by atoms with Crippen LogP contribution in [-0.4, -0.2) is 28.5 Å². The highest BCUT2D eigenvalue weighted by Crippen LogP contribution is 2.21. The Bertz CT molecular complexity index is 897. The summed E-state index contributed by atoms with van der Waals surface area (Å²) in [5, 5.41) is 0. The van der Waals surface area contributed by atoms with Crippen LogP contribution in [0.4, 0.5) is 5.69 Å². The van der Waals surface area contributed by atoms with Gasteiger partial charge >= 0.3 is 5.97 Å². The minimum atomic E-state index is -0.388. The Balaban J connectivity index is 1.91. The third-order valence-corrected chi connectivity index (χ3v) is 3.91. The summed E-state index contributed by atoms with van der Waals surface area (Å²) in [5.74, 6) is -0.572. The molecule has 0 N–H and O–H groups in total. The molecule has 6 heteroatoms. The highest BCUT2D eigenvalue weighted by molar-refractivity contribution is 6.06. The van der Waals surface area contributed by atoms with Crippen LogP contribution < -0.4 is 4.90 Å². The van der Waals surface area contributed by atoms with Crippen molar-refractivity contribution < 1.29 is 14.3 Å². The first-order valence-corrected chi connectivity index (χ1v) is 8.57. The van der Waals surface area contributed by atoms with Crippen molar-refractivity contribution in [3.63, 3.8) is 0 Å². The maximum absolute atomic E-state index is 13.0. The number of esters is 1. The first kappa shape index (κ1) is 18.3. The molecule has 0 saturated carbocycles. The van der Waals surface area contributed by atoms with Gasteiger partial charge in [-0.05, 0) is 55.0 Å². The molecule has 0 unspecified atom stereocenters. The van der Waals surface area contributed by atoms with Crippen LogP contribution in [0.3, 0.4) is 0 Å². The maximum atomic E-state index is 13.0. The molecule has 2 heterocycles. The summed E-state index contributed by atoms with van der Waals surface area (Å²) in [6.45, 7) is 2.42. The van der Waals surface area contributed by atoms with Crippen LogP contribution >= 0.6 is 0 Å². The summed E-state index contributed by atoms with van der Waals surface area (Å²) >= 11 is 0. The molecule has 0 saturated heterocycles. The van der Waals surface area contributed by atoms with Gasteiger partial charge in [-0.15, -0.1) is 0 Å². The first-order chi connectivity index (χ1) is 13.2. The van der Waals surface area contributed by atoms with Gasteiger partial charge in [0.2, 0.25) is 0 Å². The first-order valence-electron chi connectivity index (χ1n) is 8.57. The number of carbonyl (C=O) groups excluding carboxylic acids is 2. The van der Waals surface area contributed by atoms with E-state index in [0.717, 1.165) is 5.56 Å². The van der Waals surface area contributed by atoms with E-state index < -0.39 is 0 Å². The summed E-state index contributed by atoms with van der Waals surface area (Å²) in [6.07, 6.45) is 6.56. The SMILES string of the molecule is CCOC(=O)c1ccc(N(Cc2cccnc2)C(=O)c2cccnc2)cc1. The monoisotopic (exact) mass is 361 g/mol. The molecule has 27 heavy (non-hydrogen) atoms. The number of hydrogen-bond donors (Lipinski definition) is 0. The number of rotatable bonds is 6. The minimum absolute atomic E-state index is 0.184. The number of nitrogens with zero attached hydrogens (tertiary/aromatic N) is 3. The molecule has 3 aromatic rings. The summed E-state index contributed by atoms with van der Waals surface area (Å²) in [6, 6.07) is 13.9. The molecule has 0 fully saturated rings. The van der Waals surface area contributed by atoms with Gasteiger partial charge < -0.3 is 9.64 Å². The van der Waals surface area contributed by atoms with E-state index in [2.05, 4.69) is 9.97 Å². The van der Waals surface area contributed by atoms with Gasteiger partial charge in [0.25, 0.3) is 5.91 Å². The highest BCUT2D eigenvalue weighted by atomic mass is 16.5. The van der Waals surface area contributed by atoms with E-state index >= 15 is 0 Å². The molecule has 1 amide bonds. The van der Waals surface area contributed by atoms with Gasteiger partial charge in [-0.25, -0.2) is 4.79 Å². The van der Waals surface area contributed by atoms with Crippen molar-refractivity contribution in [2.24, 2.45) is 0 Å². The summed E-state index contributed by atoms with van der Waals surface area (Å²) in [4.78, 5) is 34.7. The zero-order valence-electron chi connectivity index (χ0n) is 14.9. The smallest absolute Gasteiger partial charge is 0.338 e. The maximum Gasteiger partial charge on any atom is 0.338 e. The number of carbonyl (C=O) groups is 2. The predicted octanol–water partition coefficient (Wildman–Crippen LogP) is 3.50. The molecule has 0 aliphatic rings. The van der Waals surface area contributed by atoms with Gasteiger partial charge in [0.05, 0.1) is 24.3 Å². The van der Waals surface area contributed by atoms with Crippen molar-refractivity contribution in [3.8, 4) is 0 Å². The molecule has 0 bridgehead atoms. The van der Waals surface area contributed by atoms with E-state index in [-0.39, 0.29) is 11.9 Å². The average Bonchev–Trinajstić information content (AvgIpc) is 2.73. The van der Waals surface area contributed by atoms with Gasteiger partial charge in [0.15, 0.2) is 0 Å². The van der Waals surface area contributed by atoms with Gasteiger partial charge in [-0.3, -0.25) is 14.8 Å². The second-order valence-corrected chi connectivity index (χ2v) is 5.76. The number of ether oxygens (including phenoxy) is 1. The molecular formula is C21H19N3O3. The van der Waals surface area contributed by atoms with Crippen LogP contribution in [-0.2, 0) is 11.3 Å². The number of pyridine rings is 2. The van der Waals surface area contributed by atoms with E-state index in [1.165, 1.54) is 6.20 Å². The van der Waals surface area contributed by atoms with Crippen molar-refractivity contribution in [3.05, 3.63) is 90.0 Å². The molecule has 0 spiro atoms. The van der Waals surface area contributed by atoms with Crippen molar-refractivity contribution in [1.82, 2.24) is 9.97 Å². The summed E-state index contributed by atoms with van der Waals surface area (Å²) < 4.78 is 5.00. The zero-order valence-corrected chi connectivity index (χ0v) is 14.9. The van der Waals surface area contributed by atoms with E-state index in [0.29, 0.717) is 30.0 Å². The summed E-state index contributed by atoms with van der Waals surface area (Å²) in [5.41, 5.74) is 2.48. The van der Waals surface area contributed by atoms with Crippen molar-refractivity contribution in [2.45, 2.75) is 13.5 Å². The summed E-state index contributed by atoms with van der Waals surface area (Å²) in [7, 11) is 0. The average molecular weight is 361 g/mol. The normalized spacial score (nSPS) is 10.3. The zero-order chi connectivity index (χ0) is 19.1. The molecule has 136 valence electrons. The van der Waals surface area contributed by atoms with Crippen LogP contribution in [0.15, 0.2) is 73.3 Å². The van der Waals surface area contributed by atoms with Crippen molar-refractivity contribution in [1.29, 1.82) is 0 Å². The third kappa shape index (κ3) is 4.55. The molecule has 0 radical (unpaired) electrons. The standard InChI is InChI=1S/C21H19N3O3/c1-2-27-21(26)17-7-9-19(10-8-17)24(15-16-5-3-11-22-13-16)20(25)18-6-4-12-23-14-18/h3-14H,2,15H2,1H3. The number of benzene rings is 1. The van der Waals surface area contributed by atoms with Crippen LogP contribution in [0.2, 0.25) is 0 Å². The van der Waals surface area contributed by atoms with Crippen molar-refractivity contribution >= 4 is 17.6 Å². The number of amides is 1. The second kappa shape index (κ2) is 8.71. The fraction of sp³-hybridized carbons (Fsp3) is 0.143. The largest absolute Gasteiger partial charge is 0.462 e. The van der Waals surface area contributed by atoms with E-state index in [1.807, 2.05) is 12.1 Å². The molecule has 2 aromatic heterocycles. The fourth-order valence-electron chi connectivity index (χ4n) is 2.59. The van der Waals surface area contributed by atoms with Gasteiger partial charge in [-0.1, -0.05) is 6.07 Å². The Kier molecular flexibility index (Phi) is 5.89. The lowest BCUT2D eigenvalue weighted by Crippen LogP contribution is -2.30. The highest BCUT2D eigenvalue weighted by Gasteiger charge is 2.19. The lowest BCUT2D eigenvalue weighted by molar-refractivity contribution is 0.0526. The molecule has 6 nitrogen and oxygen atoms in total. The predicted molar refractivity (Wildman–Crippen MR) is 101 cm³/mol. The van der Waals surface area contributed by atoms with Gasteiger partial charge in [-0.2, -0.15) is 0 Å². The van der Waals surface area contributed by atoms with Crippen LogP contribution in [0.25, 0.3) is 0 Å². The van der Waals surface area contributed by atoms with E-state index in [4.69, 9.17) is 4.74 Å². The molecule has 1 aromatic carbocycles. The van der Waals surface area contributed by atoms with Gasteiger partial charge in [0, 0.05) is 30.5 Å². The van der Waals surface area contributed by atoms with Crippen LogP contribution in [0.5, 0.6) is 0 Å². The van der Waals surface area contributed by atoms with Crippen molar-refractivity contribution in [2.75, 3.05) is 11.5 Å². The Morgan fingerprint density at radius 3 is 2.22 bits per heavy atom. The fourth-order valence-corrected chi connectivity index (χ4v) is 2.59. The second-order valence-electron chi connectivity index (χ2n) is 5.76. The molecule has 0 atom stereocenters. The molecule has 3 rings (SSSR count). The Labute approximate surface area is 157 Å². The molecule has 0 aliphatic heterocycles. The third-order valence-electron chi connectivity index (χ3n) is 3.91. The quantitative estimate of drug-likeness (QED) is 0.628. The number of hydrogen-bond acceptors (Lipinski definition) is 5. The topological polar surface area (TPSA) is 72.4 Å². The van der Waals surface area contributed by atoms with Crippen LogP contribution in [0.1, 0.15) is 33.2 Å². The van der Waals surface area contributed by atoms with Gasteiger partial charge in [0.1, 0.15) is 0 Å². The van der Waals surface area contributed by atoms with E-state index in [9.17, 15) is 9.59 Å². The Morgan fingerprint density at radius 2 is 1.63 bits per heavy atom. The lowest BCUT2D eigenvalue weighted by Gasteiger charge is -2.23. The minimum Gasteiger partial charge on any atom is -0.462 e. The van der Waals surface area contributed by atoms with E-state index in [1.54, 1.807) is 66.8 Å². The lowest BCUT2D eigenvalue weighted by atomic mass is 10.1. The molecule has 0 aliphatic carbocycles. The van der Waals surface area contributed by atoms with Crippen LogP contribution in [0, 0.1) is 0 Å². The Hall–Kier alpha value is -3.54. The molecular weight excluding hydrogens is 342 g/mol. The number of anilines is 1. The Morgan fingerprint density at radius 1 is 0.926 bits per heavy atom. The number of aromatic nitrogens is 2.